The number of nitrogens with one attached hydrogen (secondary N) is 1. The number of furan rings is 1. The van der Waals surface area contributed by atoms with Crippen LogP contribution in [0.1, 0.15) is 69.6 Å². The van der Waals surface area contributed by atoms with Crippen LogP contribution >= 0.6 is 0 Å². The van der Waals surface area contributed by atoms with Crippen molar-refractivity contribution in [2.75, 3.05) is 13.1 Å². The Morgan fingerprint density at radius 2 is 1.83 bits per heavy atom. The molecule has 0 unspecified atom stereocenters. The number of amides is 2. The van der Waals surface area contributed by atoms with Crippen LogP contribution in [0.5, 0.6) is 0 Å². The molecule has 4 heterocycles. The molecule has 3 aromatic heterocycles. The van der Waals surface area contributed by atoms with Crippen molar-refractivity contribution in [2.45, 2.75) is 45.1 Å². The molecule has 0 bridgehead atoms. The van der Waals surface area contributed by atoms with Crippen molar-refractivity contribution in [1.82, 2.24) is 19.6 Å². The number of hydrogen-bond donors (Lipinski definition) is 1. The Bertz CT molecular complexity index is 1700. The maximum absolute atomic E-state index is 13.0. The van der Waals surface area contributed by atoms with Crippen LogP contribution in [0, 0.1) is 5.92 Å². The van der Waals surface area contributed by atoms with Gasteiger partial charge in [0.2, 0.25) is 0 Å². The Balaban J connectivity index is 1.09. The highest BCUT2D eigenvalue weighted by Gasteiger charge is 2.36. The molecule has 2 amide bonds. The van der Waals surface area contributed by atoms with Gasteiger partial charge in [-0.25, -0.2) is 4.98 Å². The van der Waals surface area contributed by atoms with Gasteiger partial charge in [-0.1, -0.05) is 37.3 Å². The highest BCUT2D eigenvalue weighted by Crippen LogP contribution is 2.34. The lowest BCUT2D eigenvalue weighted by Gasteiger charge is -2.15. The topological polar surface area (TPSA) is 114 Å². The van der Waals surface area contributed by atoms with E-state index in [0.717, 1.165) is 24.0 Å². The summed E-state index contributed by atoms with van der Waals surface area (Å²) in [7, 11) is 0. The van der Waals surface area contributed by atoms with Crippen LogP contribution in [0.15, 0.2) is 77.5 Å². The minimum absolute atomic E-state index is 0.0404. The fraction of sp³-hybridized carbons (Fsp3) is 0.303. The predicted octanol–water partition coefficient (Wildman–Crippen LogP) is 4.91. The molecule has 1 atom stereocenters. The number of fused-ring (bicyclic) bond motifs is 1. The Labute approximate surface area is 243 Å². The number of Topliss-reactive ketones (excluding diaryl/α,β-unsaturated/α-hetero) is 2. The van der Waals surface area contributed by atoms with Gasteiger partial charge in [0, 0.05) is 43.9 Å². The van der Waals surface area contributed by atoms with Crippen molar-refractivity contribution in [2.24, 2.45) is 5.92 Å². The third kappa shape index (κ3) is 5.81. The van der Waals surface area contributed by atoms with Gasteiger partial charge in [-0.15, -0.1) is 0 Å². The maximum atomic E-state index is 13.0. The second-order valence-corrected chi connectivity index (χ2v) is 10.9. The van der Waals surface area contributed by atoms with E-state index in [0.29, 0.717) is 48.6 Å². The van der Waals surface area contributed by atoms with Crippen LogP contribution in [0.2, 0.25) is 0 Å². The van der Waals surface area contributed by atoms with Crippen molar-refractivity contribution in [3.05, 3.63) is 95.7 Å². The summed E-state index contributed by atoms with van der Waals surface area (Å²) in [4.78, 5) is 57.0. The molecule has 42 heavy (non-hydrogen) atoms. The summed E-state index contributed by atoms with van der Waals surface area (Å²) in [6, 6.07) is 14.1. The van der Waals surface area contributed by atoms with Gasteiger partial charge in [0.15, 0.2) is 17.3 Å². The monoisotopic (exact) mass is 564 g/mol. The summed E-state index contributed by atoms with van der Waals surface area (Å²) >= 11 is 0. The van der Waals surface area contributed by atoms with Crippen molar-refractivity contribution >= 4 is 29.0 Å². The summed E-state index contributed by atoms with van der Waals surface area (Å²) in [6.07, 6.45) is 10.4. The average molecular weight is 565 g/mol. The largest absolute Gasteiger partial charge is 0.451 e. The van der Waals surface area contributed by atoms with E-state index in [9.17, 15) is 19.2 Å². The molecule has 214 valence electrons. The summed E-state index contributed by atoms with van der Waals surface area (Å²) in [6.45, 7) is 3.01. The average Bonchev–Trinajstić information content (AvgIpc) is 3.39. The molecule has 1 aliphatic heterocycles. The minimum Gasteiger partial charge on any atom is -0.451 e. The number of carbonyl (C=O) groups excluding carboxylic acids is 4. The number of ketones is 2. The fourth-order valence-electron chi connectivity index (χ4n) is 5.28. The van der Waals surface area contributed by atoms with Gasteiger partial charge in [-0.2, -0.15) is 0 Å². The van der Waals surface area contributed by atoms with Crippen LogP contribution in [0.3, 0.4) is 0 Å². The normalized spacial score (nSPS) is 15.2. The van der Waals surface area contributed by atoms with Crippen molar-refractivity contribution in [3.8, 4) is 11.3 Å². The zero-order valence-electron chi connectivity index (χ0n) is 23.4. The van der Waals surface area contributed by atoms with Crippen LogP contribution in [-0.4, -0.2) is 56.8 Å². The number of hydrogen-bond acceptors (Lipinski definition) is 6. The lowest BCUT2D eigenvalue weighted by Crippen LogP contribution is -2.42. The third-order valence-electron chi connectivity index (χ3n) is 7.85. The lowest BCUT2D eigenvalue weighted by atomic mass is 10.0. The number of aromatic nitrogens is 2. The second-order valence-electron chi connectivity index (χ2n) is 10.9. The smallest absolute Gasteiger partial charge is 0.287 e. The van der Waals surface area contributed by atoms with E-state index in [-0.39, 0.29) is 35.6 Å². The first-order valence-electron chi connectivity index (χ1n) is 14.4. The summed E-state index contributed by atoms with van der Waals surface area (Å²) < 4.78 is 7.58. The van der Waals surface area contributed by atoms with Crippen molar-refractivity contribution < 1.29 is 23.6 Å². The number of benzene rings is 1. The van der Waals surface area contributed by atoms with E-state index >= 15 is 0 Å². The fourth-order valence-corrected chi connectivity index (χ4v) is 5.28. The van der Waals surface area contributed by atoms with Crippen LogP contribution in [0.4, 0.5) is 0 Å². The van der Waals surface area contributed by atoms with Crippen molar-refractivity contribution in [3.63, 3.8) is 0 Å². The van der Waals surface area contributed by atoms with Gasteiger partial charge in [0.25, 0.3) is 11.8 Å². The predicted molar refractivity (Wildman–Crippen MR) is 156 cm³/mol. The molecule has 2 aliphatic rings. The molecular weight excluding hydrogens is 532 g/mol. The molecule has 6 rings (SSSR count). The van der Waals surface area contributed by atoms with Gasteiger partial charge in [-0.3, -0.25) is 19.2 Å². The van der Waals surface area contributed by atoms with Gasteiger partial charge < -0.3 is 19.0 Å². The first-order chi connectivity index (χ1) is 20.4. The molecule has 0 radical (unpaired) electrons. The summed E-state index contributed by atoms with van der Waals surface area (Å²) in [5, 5.41) is 2.85. The maximum Gasteiger partial charge on any atom is 0.287 e. The molecule has 1 N–H and O–H groups in total. The molecule has 1 aromatic carbocycles. The zero-order valence-corrected chi connectivity index (χ0v) is 23.4. The lowest BCUT2D eigenvalue weighted by molar-refractivity contribution is -0.121. The highest BCUT2D eigenvalue weighted by atomic mass is 16.4. The first-order valence-corrected chi connectivity index (χ1v) is 14.4. The molecule has 1 aliphatic carbocycles. The van der Waals surface area contributed by atoms with Crippen LogP contribution < -0.4 is 5.32 Å². The van der Waals surface area contributed by atoms with Crippen LogP contribution in [0.25, 0.3) is 17.0 Å². The quantitative estimate of drug-likeness (QED) is 0.205. The van der Waals surface area contributed by atoms with Gasteiger partial charge >= 0.3 is 0 Å². The van der Waals surface area contributed by atoms with E-state index in [1.54, 1.807) is 52.9 Å². The van der Waals surface area contributed by atoms with E-state index in [2.05, 4.69) is 10.3 Å². The van der Waals surface area contributed by atoms with Crippen LogP contribution in [-0.2, 0) is 11.2 Å². The SMILES string of the molecule is CCC(=O)[C@@H](NC(=O)c1ccc(-c2cccc(CCC(=O)c3cn4cc(C(=O)N5CC=CC5)ccc4n3)c2)o1)C1CC1. The zero-order chi connectivity index (χ0) is 29.2. The third-order valence-corrected chi connectivity index (χ3v) is 7.85. The van der Waals surface area contributed by atoms with E-state index in [1.807, 2.05) is 36.4 Å². The molecule has 1 saturated carbocycles. The van der Waals surface area contributed by atoms with Gasteiger partial charge in [-0.05, 0) is 61.1 Å². The standard InChI is InChI=1S/C33H32N4O5/c1-2-26(38)31(22-9-10-22)35-32(40)29-14-13-28(42-29)23-7-5-6-21(18-23)8-12-27(39)25-20-37-19-24(11-15-30(37)34-25)33(41)36-16-3-4-17-36/h3-7,11,13-15,18-20,22,31H,2,8-10,12,16-17H2,1H3,(H,35,40)/t31-/m0/s1. The number of pyridine rings is 1. The number of imidazole rings is 1. The number of aryl methyl sites for hydroxylation is 1. The van der Waals surface area contributed by atoms with E-state index in [1.165, 1.54) is 0 Å². The molecule has 1 fully saturated rings. The Morgan fingerprint density at radius 1 is 1.02 bits per heavy atom. The number of carbonyl (C=O) groups is 4. The van der Waals surface area contributed by atoms with Gasteiger partial charge in [0.1, 0.15) is 17.1 Å². The van der Waals surface area contributed by atoms with E-state index < -0.39 is 11.9 Å². The molecule has 9 heteroatoms. The molecular formula is C33H32N4O5. The molecule has 0 saturated heterocycles. The van der Waals surface area contributed by atoms with Gasteiger partial charge in [0.05, 0.1) is 11.6 Å². The Kier molecular flexibility index (Phi) is 7.56. The Hall–Kier alpha value is -4.79. The summed E-state index contributed by atoms with van der Waals surface area (Å²) in [5.74, 6) is 0.418. The number of rotatable bonds is 11. The minimum atomic E-state index is -0.457. The molecule has 0 spiro atoms. The molecule has 4 aromatic rings. The first kappa shape index (κ1) is 27.4. The molecule has 9 nitrogen and oxygen atoms in total. The summed E-state index contributed by atoms with van der Waals surface area (Å²) in [5.41, 5.74) is 3.25. The second kappa shape index (κ2) is 11.6. The number of nitrogens with zero attached hydrogens (tertiary/aromatic N) is 3. The van der Waals surface area contributed by atoms with Crippen molar-refractivity contribution in [1.29, 1.82) is 0 Å². The highest BCUT2D eigenvalue weighted by molar-refractivity contribution is 5.97. The Morgan fingerprint density at radius 3 is 2.60 bits per heavy atom. The van der Waals surface area contributed by atoms with E-state index in [4.69, 9.17) is 4.42 Å².